The maximum absolute atomic E-state index is 11.7. The van der Waals surface area contributed by atoms with Gasteiger partial charge in [0.2, 0.25) is 11.9 Å². The van der Waals surface area contributed by atoms with E-state index in [0.717, 1.165) is 19.3 Å². The van der Waals surface area contributed by atoms with Crippen LogP contribution in [0.25, 0.3) is 0 Å². The highest BCUT2D eigenvalue weighted by molar-refractivity contribution is 5.82. The van der Waals surface area contributed by atoms with E-state index in [9.17, 15) is 14.9 Å². The molecule has 0 aliphatic heterocycles. The van der Waals surface area contributed by atoms with Gasteiger partial charge in [0, 0.05) is 10.8 Å². The Balaban J connectivity index is 2.05. The molecule has 5 heteroatoms. The van der Waals surface area contributed by atoms with Gasteiger partial charge in [0.15, 0.2) is 0 Å². The molecule has 0 aromatic rings. The molecule has 4 rings (SSSR count). The summed E-state index contributed by atoms with van der Waals surface area (Å²) in [5.41, 5.74) is 4.66. The molecular formula is C11H16N2O3. The molecule has 4 aliphatic rings. The normalized spacial score (nSPS) is 49.2. The fourth-order valence-electron chi connectivity index (χ4n) is 4.73. The largest absolute Gasteiger partial charge is 0.369 e. The topological polar surface area (TPSA) is 86.2 Å². The number of carbonyl (C=O) groups is 1. The summed E-state index contributed by atoms with van der Waals surface area (Å²) in [6.07, 6.45) is 4.31. The molecule has 0 heterocycles. The van der Waals surface area contributed by atoms with Crippen molar-refractivity contribution in [2.24, 2.45) is 28.9 Å². The van der Waals surface area contributed by atoms with E-state index in [1.54, 1.807) is 0 Å². The van der Waals surface area contributed by atoms with Crippen LogP contribution in [0.2, 0.25) is 0 Å². The molecule has 0 radical (unpaired) electrons. The van der Waals surface area contributed by atoms with Crippen LogP contribution in [-0.4, -0.2) is 16.9 Å². The highest BCUT2D eigenvalue weighted by Crippen LogP contribution is 2.60. The van der Waals surface area contributed by atoms with Gasteiger partial charge in [-0.05, 0) is 43.9 Å². The Morgan fingerprint density at radius 3 is 2.25 bits per heavy atom. The fourth-order valence-corrected chi connectivity index (χ4v) is 4.73. The van der Waals surface area contributed by atoms with E-state index < -0.39 is 17.4 Å². The Morgan fingerprint density at radius 1 is 1.25 bits per heavy atom. The highest BCUT2D eigenvalue weighted by Gasteiger charge is 2.65. The third kappa shape index (κ3) is 1.09. The zero-order valence-corrected chi connectivity index (χ0v) is 9.09. The highest BCUT2D eigenvalue weighted by atomic mass is 16.6. The van der Waals surface area contributed by atoms with E-state index in [1.165, 1.54) is 0 Å². The monoisotopic (exact) mass is 224 g/mol. The summed E-state index contributed by atoms with van der Waals surface area (Å²) in [6.45, 7) is 0. The molecule has 2 N–H and O–H groups in total. The average Bonchev–Trinajstić information content (AvgIpc) is 2.14. The van der Waals surface area contributed by atoms with E-state index in [1.807, 2.05) is 0 Å². The van der Waals surface area contributed by atoms with Crippen LogP contribution in [-0.2, 0) is 4.79 Å². The minimum absolute atomic E-state index is 0.0914. The second-order valence-electron chi connectivity index (χ2n) is 5.86. The number of hydrogen-bond acceptors (Lipinski definition) is 3. The molecule has 0 aromatic heterocycles. The molecule has 4 bridgehead atoms. The summed E-state index contributed by atoms with van der Waals surface area (Å²) in [6, 6.07) is -0.710. The number of primary amides is 1. The number of hydrogen-bond donors (Lipinski definition) is 1. The van der Waals surface area contributed by atoms with Crippen molar-refractivity contribution in [3.8, 4) is 0 Å². The van der Waals surface area contributed by atoms with Crippen LogP contribution in [0.1, 0.15) is 32.1 Å². The Morgan fingerprint density at radius 2 is 1.81 bits per heavy atom. The van der Waals surface area contributed by atoms with E-state index >= 15 is 0 Å². The third-order valence-corrected chi connectivity index (χ3v) is 4.98. The maximum atomic E-state index is 11.7. The third-order valence-electron chi connectivity index (χ3n) is 4.98. The van der Waals surface area contributed by atoms with Crippen molar-refractivity contribution in [3.63, 3.8) is 0 Å². The van der Waals surface area contributed by atoms with Crippen LogP contribution in [0.3, 0.4) is 0 Å². The van der Waals surface area contributed by atoms with Gasteiger partial charge in [-0.1, -0.05) is 0 Å². The maximum Gasteiger partial charge on any atom is 0.230 e. The summed E-state index contributed by atoms with van der Waals surface area (Å²) >= 11 is 0. The molecule has 4 saturated carbocycles. The molecule has 0 spiro atoms. The molecule has 3 atom stereocenters. The van der Waals surface area contributed by atoms with Gasteiger partial charge in [-0.2, -0.15) is 0 Å². The lowest BCUT2D eigenvalue weighted by atomic mass is 9.47. The molecule has 0 aromatic carbocycles. The van der Waals surface area contributed by atoms with Gasteiger partial charge in [-0.3, -0.25) is 14.9 Å². The summed E-state index contributed by atoms with van der Waals surface area (Å²) in [7, 11) is 0. The zero-order chi connectivity index (χ0) is 11.5. The SMILES string of the molecule is NC(=O)C12CC3CC(CC(C3)C1[N+](=O)[O-])C2. The standard InChI is InChI=1S/C11H16N2O3/c12-10(14)11-4-6-1-7(5-11)3-8(2-6)9(11)13(15)16/h6-9H,1-5H2,(H2,12,14). The van der Waals surface area contributed by atoms with Crippen molar-refractivity contribution in [1.29, 1.82) is 0 Å². The minimum atomic E-state index is -0.821. The van der Waals surface area contributed by atoms with Crippen LogP contribution in [0.15, 0.2) is 0 Å². The smallest absolute Gasteiger partial charge is 0.230 e. The lowest BCUT2D eigenvalue weighted by molar-refractivity contribution is -0.560. The first-order chi connectivity index (χ1) is 7.53. The number of amides is 1. The Bertz CT molecular complexity index is 354. The number of nitro groups is 1. The Hall–Kier alpha value is -1.13. The molecule has 1 amide bonds. The van der Waals surface area contributed by atoms with Crippen molar-refractivity contribution in [2.75, 3.05) is 0 Å². The summed E-state index contributed by atoms with van der Waals surface area (Å²) < 4.78 is 0. The van der Waals surface area contributed by atoms with Gasteiger partial charge in [-0.15, -0.1) is 0 Å². The van der Waals surface area contributed by atoms with E-state index in [0.29, 0.717) is 24.7 Å². The number of nitrogens with two attached hydrogens (primary N) is 1. The lowest BCUT2D eigenvalue weighted by Gasteiger charge is -2.55. The van der Waals surface area contributed by atoms with Crippen LogP contribution >= 0.6 is 0 Å². The van der Waals surface area contributed by atoms with Crippen molar-refractivity contribution < 1.29 is 9.72 Å². The number of nitrogens with zero attached hydrogens (tertiary/aromatic N) is 1. The van der Waals surface area contributed by atoms with E-state index in [2.05, 4.69) is 0 Å². The van der Waals surface area contributed by atoms with Gasteiger partial charge in [-0.25, -0.2) is 0 Å². The lowest BCUT2D eigenvalue weighted by Crippen LogP contribution is -2.63. The molecule has 5 nitrogen and oxygen atoms in total. The second kappa shape index (κ2) is 2.96. The quantitative estimate of drug-likeness (QED) is 0.559. The molecule has 0 saturated heterocycles. The van der Waals surface area contributed by atoms with Crippen LogP contribution in [0.5, 0.6) is 0 Å². The van der Waals surface area contributed by atoms with Crippen LogP contribution < -0.4 is 5.73 Å². The summed E-state index contributed by atoms with van der Waals surface area (Å²) in [4.78, 5) is 22.6. The minimum Gasteiger partial charge on any atom is -0.369 e. The molecule has 3 unspecified atom stereocenters. The summed E-state index contributed by atoms with van der Waals surface area (Å²) in [5.74, 6) is 0.657. The van der Waals surface area contributed by atoms with Gasteiger partial charge >= 0.3 is 0 Å². The predicted molar refractivity (Wildman–Crippen MR) is 56.0 cm³/mol. The number of rotatable bonds is 2. The first-order valence-corrected chi connectivity index (χ1v) is 5.96. The molecule has 4 fully saturated rings. The van der Waals surface area contributed by atoms with E-state index in [4.69, 9.17) is 5.73 Å². The van der Waals surface area contributed by atoms with E-state index in [-0.39, 0.29) is 10.8 Å². The Labute approximate surface area is 93.5 Å². The second-order valence-corrected chi connectivity index (χ2v) is 5.86. The summed E-state index contributed by atoms with van der Waals surface area (Å²) in [5, 5.41) is 11.2. The van der Waals surface area contributed by atoms with Gasteiger partial charge in [0.1, 0.15) is 5.41 Å². The molecular weight excluding hydrogens is 208 g/mol. The van der Waals surface area contributed by atoms with Gasteiger partial charge < -0.3 is 5.73 Å². The molecule has 16 heavy (non-hydrogen) atoms. The van der Waals surface area contributed by atoms with Crippen LogP contribution in [0.4, 0.5) is 0 Å². The van der Waals surface area contributed by atoms with Gasteiger partial charge in [0.25, 0.3) is 0 Å². The first kappa shape index (κ1) is 10.1. The zero-order valence-electron chi connectivity index (χ0n) is 9.09. The van der Waals surface area contributed by atoms with Crippen molar-refractivity contribution in [2.45, 2.75) is 38.1 Å². The van der Waals surface area contributed by atoms with Crippen molar-refractivity contribution in [3.05, 3.63) is 10.1 Å². The number of carbonyl (C=O) groups excluding carboxylic acids is 1. The van der Waals surface area contributed by atoms with Crippen molar-refractivity contribution >= 4 is 5.91 Å². The van der Waals surface area contributed by atoms with Crippen molar-refractivity contribution in [1.82, 2.24) is 0 Å². The molecule has 88 valence electrons. The average molecular weight is 224 g/mol. The molecule has 4 aliphatic carbocycles. The van der Waals surface area contributed by atoms with Gasteiger partial charge in [0.05, 0.1) is 0 Å². The van der Waals surface area contributed by atoms with Crippen LogP contribution in [0, 0.1) is 33.3 Å². The first-order valence-electron chi connectivity index (χ1n) is 5.96. The predicted octanol–water partition coefficient (Wildman–Crippen LogP) is 0.943. The fraction of sp³-hybridized carbons (Fsp3) is 0.909. The Kier molecular flexibility index (Phi) is 1.86.